The van der Waals surface area contributed by atoms with Gasteiger partial charge in [0, 0.05) is 4.47 Å². The van der Waals surface area contributed by atoms with Gasteiger partial charge in [0.25, 0.3) is 0 Å². The Hall–Kier alpha value is -0.830. The summed E-state index contributed by atoms with van der Waals surface area (Å²) in [5.74, 6) is -0.205. The van der Waals surface area contributed by atoms with E-state index in [0.717, 1.165) is 15.6 Å². The van der Waals surface area contributed by atoms with E-state index in [1.165, 1.54) is 12.7 Å². The van der Waals surface area contributed by atoms with Crippen LogP contribution in [0.15, 0.2) is 16.6 Å². The maximum Gasteiger partial charge on any atom is 0.309 e. The number of halogens is 1. The van der Waals surface area contributed by atoms with Crippen LogP contribution in [0.25, 0.3) is 0 Å². The topological polar surface area (TPSA) is 26.3 Å². The van der Waals surface area contributed by atoms with Crippen LogP contribution in [0.1, 0.15) is 16.7 Å². The van der Waals surface area contributed by atoms with E-state index >= 15 is 0 Å². The van der Waals surface area contributed by atoms with Gasteiger partial charge in [-0.05, 0) is 36.6 Å². The maximum atomic E-state index is 11.1. The number of benzene rings is 1. The molecule has 1 rings (SSSR count). The van der Waals surface area contributed by atoms with Gasteiger partial charge in [-0.1, -0.05) is 22.0 Å². The Labute approximate surface area is 92.4 Å². The number of ether oxygens (including phenoxy) is 1. The van der Waals surface area contributed by atoms with Gasteiger partial charge in [-0.25, -0.2) is 0 Å². The number of hydrogen-bond acceptors (Lipinski definition) is 2. The molecule has 0 N–H and O–H groups in total. The normalized spacial score (nSPS) is 10.0. The van der Waals surface area contributed by atoms with Gasteiger partial charge in [0.05, 0.1) is 13.5 Å². The molecule has 0 atom stereocenters. The molecule has 0 radical (unpaired) electrons. The van der Waals surface area contributed by atoms with E-state index in [2.05, 4.69) is 26.7 Å². The molecule has 14 heavy (non-hydrogen) atoms. The van der Waals surface area contributed by atoms with Crippen LogP contribution >= 0.6 is 15.9 Å². The lowest BCUT2D eigenvalue weighted by atomic mass is 10.0. The fourth-order valence-corrected chi connectivity index (χ4v) is 1.68. The number of carbonyl (C=O) groups excluding carboxylic acids is 1. The zero-order chi connectivity index (χ0) is 10.7. The van der Waals surface area contributed by atoms with Crippen molar-refractivity contribution in [3.05, 3.63) is 33.3 Å². The molecular weight excluding hydrogens is 244 g/mol. The molecule has 0 unspecified atom stereocenters. The van der Waals surface area contributed by atoms with Crippen LogP contribution in [0, 0.1) is 13.8 Å². The molecule has 2 nitrogen and oxygen atoms in total. The van der Waals surface area contributed by atoms with Crippen molar-refractivity contribution in [2.75, 3.05) is 7.11 Å². The predicted octanol–water partition coefficient (Wildman–Crippen LogP) is 2.78. The fraction of sp³-hybridized carbons (Fsp3) is 0.364. The van der Waals surface area contributed by atoms with E-state index in [4.69, 9.17) is 0 Å². The van der Waals surface area contributed by atoms with Crippen molar-refractivity contribution in [2.45, 2.75) is 20.3 Å². The van der Waals surface area contributed by atoms with E-state index in [-0.39, 0.29) is 5.97 Å². The van der Waals surface area contributed by atoms with Gasteiger partial charge in [-0.2, -0.15) is 0 Å². The number of methoxy groups -OCH3 is 1. The lowest BCUT2D eigenvalue weighted by Crippen LogP contribution is -2.06. The van der Waals surface area contributed by atoms with Crippen molar-refractivity contribution < 1.29 is 9.53 Å². The molecule has 76 valence electrons. The molecule has 0 bridgehead atoms. The first kappa shape index (κ1) is 11.2. The SMILES string of the molecule is COC(=O)Cc1cc(Br)c(C)cc1C. The van der Waals surface area contributed by atoms with Crippen LogP contribution in [0.4, 0.5) is 0 Å². The summed E-state index contributed by atoms with van der Waals surface area (Å²) in [5.41, 5.74) is 3.31. The van der Waals surface area contributed by atoms with Gasteiger partial charge in [-0.3, -0.25) is 4.79 Å². The molecule has 0 saturated heterocycles. The zero-order valence-electron chi connectivity index (χ0n) is 8.56. The van der Waals surface area contributed by atoms with Crippen molar-refractivity contribution >= 4 is 21.9 Å². The molecule has 0 heterocycles. The van der Waals surface area contributed by atoms with Crippen molar-refractivity contribution in [3.63, 3.8) is 0 Å². The average molecular weight is 257 g/mol. The van der Waals surface area contributed by atoms with Crippen LogP contribution in [0.5, 0.6) is 0 Å². The monoisotopic (exact) mass is 256 g/mol. The highest BCUT2D eigenvalue weighted by Gasteiger charge is 2.07. The van der Waals surface area contributed by atoms with E-state index in [1.807, 2.05) is 19.9 Å². The Morgan fingerprint density at radius 1 is 1.36 bits per heavy atom. The molecule has 0 aliphatic carbocycles. The van der Waals surface area contributed by atoms with E-state index in [9.17, 15) is 4.79 Å². The summed E-state index contributed by atoms with van der Waals surface area (Å²) < 4.78 is 5.65. The largest absolute Gasteiger partial charge is 0.469 e. The molecule has 1 aromatic rings. The Morgan fingerprint density at radius 2 is 2.00 bits per heavy atom. The molecule has 0 aromatic heterocycles. The van der Waals surface area contributed by atoms with Crippen LogP contribution in [0.2, 0.25) is 0 Å². The highest BCUT2D eigenvalue weighted by molar-refractivity contribution is 9.10. The minimum absolute atomic E-state index is 0.205. The van der Waals surface area contributed by atoms with Crippen LogP contribution < -0.4 is 0 Å². The number of aryl methyl sites for hydroxylation is 2. The Balaban J connectivity index is 2.98. The predicted molar refractivity (Wildman–Crippen MR) is 59.3 cm³/mol. The maximum absolute atomic E-state index is 11.1. The lowest BCUT2D eigenvalue weighted by Gasteiger charge is -2.07. The van der Waals surface area contributed by atoms with Crippen molar-refractivity contribution in [1.82, 2.24) is 0 Å². The van der Waals surface area contributed by atoms with Gasteiger partial charge in [0.2, 0.25) is 0 Å². The Bertz CT molecular complexity index is 359. The van der Waals surface area contributed by atoms with E-state index in [1.54, 1.807) is 0 Å². The van der Waals surface area contributed by atoms with Crippen molar-refractivity contribution in [2.24, 2.45) is 0 Å². The number of rotatable bonds is 2. The molecule has 0 fully saturated rings. The number of esters is 1. The minimum Gasteiger partial charge on any atom is -0.469 e. The van der Waals surface area contributed by atoms with Crippen molar-refractivity contribution in [1.29, 1.82) is 0 Å². The summed E-state index contributed by atoms with van der Waals surface area (Å²) in [4.78, 5) is 11.1. The first-order valence-corrected chi connectivity index (χ1v) is 5.16. The first-order chi connectivity index (χ1) is 6.54. The third kappa shape index (κ3) is 2.58. The highest BCUT2D eigenvalue weighted by atomic mass is 79.9. The van der Waals surface area contributed by atoms with Crippen LogP contribution in [0.3, 0.4) is 0 Å². The molecule has 0 aliphatic heterocycles. The molecular formula is C11H13BrO2. The molecule has 1 aromatic carbocycles. The summed E-state index contributed by atoms with van der Waals surface area (Å²) in [5, 5.41) is 0. The minimum atomic E-state index is -0.205. The first-order valence-electron chi connectivity index (χ1n) is 4.37. The highest BCUT2D eigenvalue weighted by Crippen LogP contribution is 2.21. The Kier molecular flexibility index (Phi) is 3.69. The van der Waals surface area contributed by atoms with E-state index in [0.29, 0.717) is 6.42 Å². The van der Waals surface area contributed by atoms with Crippen molar-refractivity contribution in [3.8, 4) is 0 Å². The second-order valence-electron chi connectivity index (χ2n) is 3.28. The number of carbonyl (C=O) groups is 1. The van der Waals surface area contributed by atoms with Crippen LogP contribution in [-0.2, 0) is 16.0 Å². The fourth-order valence-electron chi connectivity index (χ4n) is 1.29. The van der Waals surface area contributed by atoms with Gasteiger partial charge >= 0.3 is 5.97 Å². The van der Waals surface area contributed by atoms with Gasteiger partial charge < -0.3 is 4.74 Å². The smallest absolute Gasteiger partial charge is 0.309 e. The molecule has 0 saturated carbocycles. The molecule has 0 spiro atoms. The summed E-state index contributed by atoms with van der Waals surface area (Å²) in [6.07, 6.45) is 0.335. The third-order valence-corrected chi connectivity index (χ3v) is 3.03. The van der Waals surface area contributed by atoms with E-state index < -0.39 is 0 Å². The molecule has 0 aliphatic rings. The lowest BCUT2D eigenvalue weighted by molar-refractivity contribution is -0.139. The average Bonchev–Trinajstić information content (AvgIpc) is 2.14. The summed E-state index contributed by atoms with van der Waals surface area (Å²) >= 11 is 3.44. The van der Waals surface area contributed by atoms with Gasteiger partial charge in [0.1, 0.15) is 0 Å². The third-order valence-electron chi connectivity index (χ3n) is 2.18. The quantitative estimate of drug-likeness (QED) is 0.761. The summed E-state index contributed by atoms with van der Waals surface area (Å²) in [7, 11) is 1.40. The molecule has 3 heteroatoms. The van der Waals surface area contributed by atoms with Gasteiger partial charge in [-0.15, -0.1) is 0 Å². The number of hydrogen-bond donors (Lipinski definition) is 0. The Morgan fingerprint density at radius 3 is 2.57 bits per heavy atom. The van der Waals surface area contributed by atoms with Crippen LogP contribution in [-0.4, -0.2) is 13.1 Å². The summed E-state index contributed by atoms with van der Waals surface area (Å²) in [6, 6.07) is 4.03. The molecule has 0 amide bonds. The second kappa shape index (κ2) is 4.60. The standard InChI is InChI=1S/C11H13BrO2/c1-7-4-8(2)10(12)5-9(7)6-11(13)14-3/h4-5H,6H2,1-3H3. The van der Waals surface area contributed by atoms with Gasteiger partial charge in [0.15, 0.2) is 0 Å². The zero-order valence-corrected chi connectivity index (χ0v) is 10.1. The second-order valence-corrected chi connectivity index (χ2v) is 4.14. The summed E-state index contributed by atoms with van der Waals surface area (Å²) in [6.45, 7) is 4.02.